The lowest BCUT2D eigenvalue weighted by Crippen LogP contribution is -2.57. The van der Waals surface area contributed by atoms with E-state index in [-0.39, 0.29) is 42.4 Å². The Morgan fingerprint density at radius 1 is 0.545 bits per heavy atom. The van der Waals surface area contributed by atoms with Gasteiger partial charge < -0.3 is 43.2 Å². The van der Waals surface area contributed by atoms with Crippen LogP contribution in [0, 0.1) is 17.8 Å². The maximum atomic E-state index is 13.5. The quantitative estimate of drug-likeness (QED) is 0.0392. The zero-order chi connectivity index (χ0) is 48.9. The number of carboxylic acid groups (broad SMARTS) is 1. The summed E-state index contributed by atoms with van der Waals surface area (Å²) < 4.78 is 0. The summed E-state index contributed by atoms with van der Waals surface area (Å²) in [5, 5.41) is 23.3. The number of primary amides is 2. The number of nitrogens with one attached hydrogen (secondary N) is 5. The van der Waals surface area contributed by atoms with Gasteiger partial charge in [-0.25, -0.2) is 4.79 Å². The summed E-state index contributed by atoms with van der Waals surface area (Å²) >= 11 is 0. The number of amides is 7. The molecule has 1 aromatic rings. The number of hydrogen-bond donors (Lipinski definition) is 8. The third-order valence-corrected chi connectivity index (χ3v) is 12.2. The average Bonchev–Trinajstić information content (AvgIpc) is 3.25. The van der Waals surface area contributed by atoms with E-state index in [9.17, 15) is 43.5 Å². The number of rotatable bonds is 35. The molecule has 372 valence electrons. The van der Waals surface area contributed by atoms with Crippen molar-refractivity contribution in [1.82, 2.24) is 26.6 Å². The molecule has 10 N–H and O–H groups in total. The third-order valence-electron chi connectivity index (χ3n) is 12.2. The lowest BCUT2D eigenvalue weighted by molar-refractivity contribution is -0.143. The Balaban J connectivity index is 1.63. The van der Waals surface area contributed by atoms with Gasteiger partial charge in [-0.15, -0.1) is 0 Å². The molecule has 0 aromatic heterocycles. The summed E-state index contributed by atoms with van der Waals surface area (Å²) in [6, 6.07) is 4.26. The minimum atomic E-state index is -1.22. The third kappa shape index (κ3) is 25.6. The lowest BCUT2D eigenvalue weighted by atomic mass is 9.85. The maximum Gasteiger partial charge on any atom is 0.326 e. The van der Waals surface area contributed by atoms with E-state index in [1.54, 1.807) is 0 Å². The molecule has 0 bridgehead atoms. The Bertz CT molecular complexity index is 1650. The number of benzene rings is 1. The average molecular weight is 926 g/mol. The van der Waals surface area contributed by atoms with Crippen LogP contribution >= 0.6 is 0 Å². The Morgan fingerprint density at radius 2 is 0.955 bits per heavy atom. The van der Waals surface area contributed by atoms with Crippen molar-refractivity contribution in [2.24, 2.45) is 29.2 Å². The van der Waals surface area contributed by atoms with E-state index in [4.69, 9.17) is 11.5 Å². The first-order valence-corrected chi connectivity index (χ1v) is 24.8. The van der Waals surface area contributed by atoms with Gasteiger partial charge in [0.1, 0.15) is 30.2 Å². The molecule has 1 fully saturated rings. The van der Waals surface area contributed by atoms with Crippen LogP contribution < -0.4 is 38.1 Å². The van der Waals surface area contributed by atoms with Crippen LogP contribution in [0.5, 0.6) is 0 Å². The number of carbonyl (C=O) groups excluding carboxylic acids is 7. The van der Waals surface area contributed by atoms with Crippen molar-refractivity contribution in [2.45, 2.75) is 212 Å². The highest BCUT2D eigenvalue weighted by Crippen LogP contribution is 2.27. The van der Waals surface area contributed by atoms with Crippen LogP contribution in [0.15, 0.2) is 30.3 Å². The molecule has 0 aliphatic heterocycles. The van der Waals surface area contributed by atoms with Crippen LogP contribution in [0.4, 0.5) is 0 Å². The topological polar surface area (TPSA) is 269 Å². The molecule has 2 rings (SSSR count). The van der Waals surface area contributed by atoms with Crippen LogP contribution in [0.1, 0.15) is 181 Å². The van der Waals surface area contributed by atoms with Crippen LogP contribution in [0.25, 0.3) is 0 Å². The van der Waals surface area contributed by atoms with Crippen molar-refractivity contribution in [2.75, 3.05) is 0 Å². The molecule has 1 aliphatic carbocycles. The number of hydrogen-bond acceptors (Lipinski definition) is 8. The molecule has 0 saturated heterocycles. The molecular weight excluding hydrogens is 843 g/mol. The van der Waals surface area contributed by atoms with Gasteiger partial charge >= 0.3 is 5.97 Å². The molecule has 16 heteroatoms. The maximum absolute atomic E-state index is 13.5. The predicted molar refractivity (Wildman–Crippen MR) is 255 cm³/mol. The first-order chi connectivity index (χ1) is 31.4. The van der Waals surface area contributed by atoms with Crippen molar-refractivity contribution in [3.63, 3.8) is 0 Å². The lowest BCUT2D eigenvalue weighted by Gasteiger charge is -2.26. The van der Waals surface area contributed by atoms with Crippen LogP contribution in [0.3, 0.4) is 0 Å². The van der Waals surface area contributed by atoms with Crippen LogP contribution in [-0.4, -0.2) is 82.6 Å². The minimum Gasteiger partial charge on any atom is -0.480 e. The van der Waals surface area contributed by atoms with Gasteiger partial charge in [0.25, 0.3) is 0 Å². The normalized spacial score (nSPS) is 15.2. The standard InChI is InChI=1S/C50H83N7O9/c1-34(2)29-39(47(62)56-40(30-35(3)4)48(63)55-38(46(52)61)31-36-23-17-15-18-24-36)53-44(59)27-21-13-11-9-7-5-6-8-10-12-14-22-28-45(60)54-41(33-43(51)58)49(64)57-42(50(65)66)32-37-25-19-16-20-26-37/h15,17-18,23-24,34-35,37-42H,5-14,16,19-22,25-33H2,1-4H3,(H2,51,58)(H2,52,61)(H,53,59)(H,54,60)(H,55,63)(H,56,62)(H,57,64)(H,65,66)/t38-,39-,40-,41-,42-/m0/s1. The van der Waals surface area contributed by atoms with E-state index in [0.717, 1.165) is 102 Å². The zero-order valence-electron chi connectivity index (χ0n) is 40.3. The highest BCUT2D eigenvalue weighted by atomic mass is 16.4. The van der Waals surface area contributed by atoms with Gasteiger partial charge in [0.2, 0.25) is 41.4 Å². The molecule has 7 amide bonds. The first kappa shape index (κ1) is 57.1. The Kier molecular flexibility index (Phi) is 28.2. The molecular formula is C50H83N7O9. The Hall–Kier alpha value is -5.02. The van der Waals surface area contributed by atoms with E-state index >= 15 is 0 Å². The van der Waals surface area contributed by atoms with Crippen LogP contribution in [-0.2, 0) is 44.8 Å². The number of unbranched alkanes of at least 4 members (excludes halogenated alkanes) is 11. The zero-order valence-corrected chi connectivity index (χ0v) is 40.3. The number of carbonyl (C=O) groups is 8. The molecule has 0 spiro atoms. The van der Waals surface area contributed by atoms with Gasteiger partial charge in [-0.2, -0.15) is 0 Å². The smallest absolute Gasteiger partial charge is 0.326 e. The minimum absolute atomic E-state index is 0.0620. The number of aliphatic carboxylic acids is 1. The molecule has 0 radical (unpaired) electrons. The SMILES string of the molecule is CC(C)C[C@H](NC(=O)CCCCCCCCCCCCCCC(=O)N[C@@H](CC(N)=O)C(=O)N[C@@H](CC1CCCCC1)C(=O)O)C(=O)N[C@@H](CC(C)C)C(=O)N[C@@H](Cc1ccccc1)C(N)=O. The molecule has 0 heterocycles. The largest absolute Gasteiger partial charge is 0.480 e. The van der Waals surface area contributed by atoms with E-state index < -0.39 is 72.1 Å². The summed E-state index contributed by atoms with van der Waals surface area (Å²) in [5.74, 6) is -4.41. The van der Waals surface area contributed by atoms with E-state index in [1.165, 1.54) is 0 Å². The van der Waals surface area contributed by atoms with Gasteiger partial charge in [-0.3, -0.25) is 33.6 Å². The summed E-state index contributed by atoms with van der Waals surface area (Å²) in [4.78, 5) is 101. The second-order valence-electron chi connectivity index (χ2n) is 19.3. The summed E-state index contributed by atoms with van der Waals surface area (Å²) in [6.45, 7) is 7.81. The van der Waals surface area contributed by atoms with Gasteiger partial charge in [-0.1, -0.05) is 154 Å². The fraction of sp³-hybridized carbons (Fsp3) is 0.720. The van der Waals surface area contributed by atoms with Gasteiger partial charge in [0.05, 0.1) is 6.42 Å². The number of carboxylic acids is 1. The fourth-order valence-electron chi connectivity index (χ4n) is 8.56. The van der Waals surface area contributed by atoms with Crippen molar-refractivity contribution >= 4 is 47.3 Å². The van der Waals surface area contributed by atoms with Crippen molar-refractivity contribution in [3.8, 4) is 0 Å². The molecule has 16 nitrogen and oxygen atoms in total. The van der Waals surface area contributed by atoms with Gasteiger partial charge in [-0.05, 0) is 55.4 Å². The molecule has 5 atom stereocenters. The molecule has 66 heavy (non-hydrogen) atoms. The highest BCUT2D eigenvalue weighted by Gasteiger charge is 2.32. The summed E-state index contributed by atoms with van der Waals surface area (Å²) in [5.41, 5.74) is 11.8. The van der Waals surface area contributed by atoms with Crippen molar-refractivity contribution < 1.29 is 43.5 Å². The van der Waals surface area contributed by atoms with Crippen molar-refractivity contribution in [1.29, 1.82) is 0 Å². The monoisotopic (exact) mass is 926 g/mol. The molecule has 1 aliphatic rings. The summed E-state index contributed by atoms with van der Waals surface area (Å²) in [7, 11) is 0. The Morgan fingerprint density at radius 3 is 1.39 bits per heavy atom. The van der Waals surface area contributed by atoms with E-state index in [1.807, 2.05) is 58.0 Å². The van der Waals surface area contributed by atoms with Crippen molar-refractivity contribution in [3.05, 3.63) is 35.9 Å². The summed E-state index contributed by atoms with van der Waals surface area (Å²) in [6.07, 6.45) is 18.1. The highest BCUT2D eigenvalue weighted by molar-refractivity contribution is 5.95. The second kappa shape index (κ2) is 32.6. The van der Waals surface area contributed by atoms with Crippen LogP contribution in [0.2, 0.25) is 0 Å². The Labute approximate surface area is 393 Å². The van der Waals surface area contributed by atoms with E-state index in [0.29, 0.717) is 38.5 Å². The van der Waals surface area contributed by atoms with Gasteiger partial charge in [0.15, 0.2) is 0 Å². The van der Waals surface area contributed by atoms with E-state index in [2.05, 4.69) is 26.6 Å². The predicted octanol–water partition coefficient (Wildman–Crippen LogP) is 5.62. The molecule has 1 saturated carbocycles. The van der Waals surface area contributed by atoms with Gasteiger partial charge in [0, 0.05) is 19.3 Å². The molecule has 1 aromatic carbocycles. The number of nitrogens with two attached hydrogens (primary N) is 2. The first-order valence-electron chi connectivity index (χ1n) is 24.8. The fourth-order valence-corrected chi connectivity index (χ4v) is 8.56. The second-order valence-corrected chi connectivity index (χ2v) is 19.3. The molecule has 0 unspecified atom stereocenters.